The molecule has 2 fully saturated rings. The van der Waals surface area contributed by atoms with Gasteiger partial charge in [-0.25, -0.2) is 0 Å². The summed E-state index contributed by atoms with van der Waals surface area (Å²) in [5, 5.41) is 10.2. The lowest BCUT2D eigenvalue weighted by Crippen LogP contribution is -2.52. The van der Waals surface area contributed by atoms with Crippen LogP contribution in [0.2, 0.25) is 0 Å². The Kier molecular flexibility index (Phi) is 3.90. The Balaban J connectivity index is 1.90. The zero-order valence-electron chi connectivity index (χ0n) is 11.0. The fourth-order valence-electron chi connectivity index (χ4n) is 2.75. The van der Waals surface area contributed by atoms with E-state index in [1.807, 2.05) is 6.92 Å². The molecule has 5 heteroatoms. The topological polar surface area (TPSA) is 60.9 Å². The highest BCUT2D eigenvalue weighted by molar-refractivity contribution is 5.86. The third-order valence-electron chi connectivity index (χ3n) is 4.06. The van der Waals surface area contributed by atoms with Gasteiger partial charge in [-0.3, -0.25) is 9.59 Å². The second-order valence-electron chi connectivity index (χ2n) is 5.42. The molecular weight excluding hydrogens is 232 g/mol. The summed E-state index contributed by atoms with van der Waals surface area (Å²) in [6.07, 6.45) is 3.68. The Hall–Kier alpha value is -1.10. The van der Waals surface area contributed by atoms with Crippen molar-refractivity contribution in [1.29, 1.82) is 0 Å². The van der Waals surface area contributed by atoms with Crippen LogP contribution >= 0.6 is 0 Å². The number of β-amino-alcohol motifs (C(OH)–C–C–N with tert-alkyl or cyclic N) is 1. The van der Waals surface area contributed by atoms with Crippen LogP contribution in [0.25, 0.3) is 0 Å². The summed E-state index contributed by atoms with van der Waals surface area (Å²) in [6.45, 7) is 3.92. The number of nitrogens with zero attached hydrogens (tertiary/aromatic N) is 2. The van der Waals surface area contributed by atoms with E-state index in [0.717, 1.165) is 19.3 Å². The second-order valence-corrected chi connectivity index (χ2v) is 5.42. The van der Waals surface area contributed by atoms with Crippen molar-refractivity contribution < 1.29 is 14.7 Å². The molecule has 18 heavy (non-hydrogen) atoms. The fourth-order valence-corrected chi connectivity index (χ4v) is 2.75. The van der Waals surface area contributed by atoms with E-state index in [9.17, 15) is 14.7 Å². The first-order valence-corrected chi connectivity index (χ1v) is 6.82. The maximum Gasteiger partial charge on any atom is 0.242 e. The molecule has 2 rings (SSSR count). The SMILES string of the molecule is CCC1(O)CCCN(C(=O)CN2CCCC2=O)C1. The van der Waals surface area contributed by atoms with Gasteiger partial charge >= 0.3 is 0 Å². The number of carbonyl (C=O) groups is 2. The number of hydrogen-bond donors (Lipinski definition) is 1. The lowest BCUT2D eigenvalue weighted by Gasteiger charge is -2.39. The largest absolute Gasteiger partial charge is 0.388 e. The normalized spacial score (nSPS) is 28.9. The highest BCUT2D eigenvalue weighted by Crippen LogP contribution is 2.24. The van der Waals surface area contributed by atoms with Crippen LogP contribution < -0.4 is 0 Å². The van der Waals surface area contributed by atoms with Gasteiger partial charge in [0.1, 0.15) is 0 Å². The van der Waals surface area contributed by atoms with Gasteiger partial charge in [0.15, 0.2) is 0 Å². The molecule has 0 spiro atoms. The second kappa shape index (κ2) is 5.26. The minimum absolute atomic E-state index is 0.0307. The molecule has 102 valence electrons. The Bertz CT molecular complexity index is 345. The molecule has 0 bridgehead atoms. The Morgan fingerprint density at radius 3 is 2.78 bits per heavy atom. The van der Waals surface area contributed by atoms with Crippen LogP contribution in [0.3, 0.4) is 0 Å². The van der Waals surface area contributed by atoms with Gasteiger partial charge in [-0.1, -0.05) is 6.92 Å². The quantitative estimate of drug-likeness (QED) is 0.791. The molecule has 0 aliphatic carbocycles. The summed E-state index contributed by atoms with van der Waals surface area (Å²) in [4.78, 5) is 26.9. The van der Waals surface area contributed by atoms with E-state index in [2.05, 4.69) is 0 Å². The third-order valence-corrected chi connectivity index (χ3v) is 4.06. The van der Waals surface area contributed by atoms with Crippen LogP contribution in [0.5, 0.6) is 0 Å². The Morgan fingerprint density at radius 1 is 1.39 bits per heavy atom. The first-order chi connectivity index (χ1) is 8.54. The highest BCUT2D eigenvalue weighted by Gasteiger charge is 2.34. The van der Waals surface area contributed by atoms with Crippen molar-refractivity contribution in [3.63, 3.8) is 0 Å². The number of piperidine rings is 1. The molecule has 0 radical (unpaired) electrons. The van der Waals surface area contributed by atoms with Crippen molar-refractivity contribution in [3.05, 3.63) is 0 Å². The summed E-state index contributed by atoms with van der Waals surface area (Å²) < 4.78 is 0. The lowest BCUT2D eigenvalue weighted by molar-refractivity contribution is -0.143. The molecule has 2 heterocycles. The average molecular weight is 254 g/mol. The van der Waals surface area contributed by atoms with Gasteiger partial charge in [0, 0.05) is 26.1 Å². The van der Waals surface area contributed by atoms with E-state index in [0.29, 0.717) is 32.5 Å². The summed E-state index contributed by atoms with van der Waals surface area (Å²) in [5.74, 6) is 0.0444. The predicted octanol–water partition coefficient (Wildman–Crippen LogP) is 0.372. The lowest BCUT2D eigenvalue weighted by atomic mass is 9.90. The van der Waals surface area contributed by atoms with Gasteiger partial charge < -0.3 is 14.9 Å². The van der Waals surface area contributed by atoms with Crippen molar-refractivity contribution in [3.8, 4) is 0 Å². The van der Waals surface area contributed by atoms with Crippen molar-refractivity contribution in [2.24, 2.45) is 0 Å². The number of rotatable bonds is 3. The molecule has 0 aromatic carbocycles. The first kappa shape index (κ1) is 13.3. The summed E-state index contributed by atoms with van der Waals surface area (Å²) in [5.41, 5.74) is -0.733. The van der Waals surface area contributed by atoms with E-state index in [4.69, 9.17) is 0 Å². The molecule has 0 aromatic heterocycles. The van der Waals surface area contributed by atoms with Crippen molar-refractivity contribution in [2.45, 2.75) is 44.6 Å². The molecule has 2 aliphatic rings. The fraction of sp³-hybridized carbons (Fsp3) is 0.846. The molecule has 1 N–H and O–H groups in total. The van der Waals surface area contributed by atoms with Crippen LogP contribution in [0.1, 0.15) is 39.0 Å². The van der Waals surface area contributed by atoms with E-state index >= 15 is 0 Å². The standard InChI is InChI=1S/C13H22N2O3/c1-2-13(18)6-4-8-15(10-13)12(17)9-14-7-3-5-11(14)16/h18H,2-10H2,1H3. The van der Waals surface area contributed by atoms with E-state index in [1.165, 1.54) is 0 Å². The Labute approximate surface area is 108 Å². The minimum atomic E-state index is -0.733. The van der Waals surface area contributed by atoms with Crippen LogP contribution in [0, 0.1) is 0 Å². The smallest absolute Gasteiger partial charge is 0.242 e. The maximum atomic E-state index is 12.1. The number of amides is 2. The highest BCUT2D eigenvalue weighted by atomic mass is 16.3. The summed E-state index contributed by atoms with van der Waals surface area (Å²) >= 11 is 0. The van der Waals surface area contributed by atoms with Crippen LogP contribution in [-0.2, 0) is 9.59 Å². The number of carbonyl (C=O) groups excluding carboxylic acids is 2. The molecule has 1 atom stereocenters. The molecule has 2 aliphatic heterocycles. The van der Waals surface area contributed by atoms with Gasteiger partial charge in [-0.05, 0) is 25.7 Å². The molecular formula is C13H22N2O3. The number of likely N-dealkylation sites (tertiary alicyclic amines) is 2. The monoisotopic (exact) mass is 254 g/mol. The zero-order valence-corrected chi connectivity index (χ0v) is 11.0. The molecule has 2 saturated heterocycles. The van der Waals surface area contributed by atoms with Gasteiger partial charge in [0.25, 0.3) is 0 Å². The van der Waals surface area contributed by atoms with Crippen molar-refractivity contribution >= 4 is 11.8 Å². The number of hydrogen-bond acceptors (Lipinski definition) is 3. The van der Waals surface area contributed by atoms with Crippen LogP contribution in [-0.4, -0.2) is 58.5 Å². The first-order valence-electron chi connectivity index (χ1n) is 6.82. The maximum absolute atomic E-state index is 12.1. The summed E-state index contributed by atoms with van der Waals surface area (Å²) in [7, 11) is 0. The molecule has 2 amide bonds. The van der Waals surface area contributed by atoms with Crippen LogP contribution in [0.4, 0.5) is 0 Å². The van der Waals surface area contributed by atoms with E-state index in [1.54, 1.807) is 9.80 Å². The van der Waals surface area contributed by atoms with E-state index in [-0.39, 0.29) is 18.4 Å². The minimum Gasteiger partial charge on any atom is -0.388 e. The van der Waals surface area contributed by atoms with Gasteiger partial charge in [-0.15, -0.1) is 0 Å². The zero-order chi connectivity index (χ0) is 13.2. The van der Waals surface area contributed by atoms with Gasteiger partial charge in [0.2, 0.25) is 11.8 Å². The molecule has 5 nitrogen and oxygen atoms in total. The number of aliphatic hydroxyl groups is 1. The van der Waals surface area contributed by atoms with Crippen LogP contribution in [0.15, 0.2) is 0 Å². The Morgan fingerprint density at radius 2 is 2.17 bits per heavy atom. The third kappa shape index (κ3) is 2.83. The van der Waals surface area contributed by atoms with Gasteiger partial charge in [-0.2, -0.15) is 0 Å². The van der Waals surface area contributed by atoms with Crippen molar-refractivity contribution in [1.82, 2.24) is 9.80 Å². The molecule has 0 aromatic rings. The average Bonchev–Trinajstić information content (AvgIpc) is 2.75. The van der Waals surface area contributed by atoms with Crippen molar-refractivity contribution in [2.75, 3.05) is 26.2 Å². The molecule has 1 unspecified atom stereocenters. The summed E-state index contributed by atoms with van der Waals surface area (Å²) in [6, 6.07) is 0. The van der Waals surface area contributed by atoms with E-state index < -0.39 is 5.60 Å². The van der Waals surface area contributed by atoms with Gasteiger partial charge in [0.05, 0.1) is 12.1 Å². The predicted molar refractivity (Wildman–Crippen MR) is 66.9 cm³/mol. The molecule has 0 saturated carbocycles.